The smallest absolute Gasteiger partial charge is 0.267 e. The van der Waals surface area contributed by atoms with Crippen molar-refractivity contribution in [2.75, 3.05) is 19.8 Å². The van der Waals surface area contributed by atoms with Gasteiger partial charge in [-0.25, -0.2) is 5.48 Å². The van der Waals surface area contributed by atoms with Crippen LogP contribution >= 0.6 is 0 Å². The third kappa shape index (κ3) is 4.05. The van der Waals surface area contributed by atoms with Gasteiger partial charge in [-0.3, -0.25) is 24.5 Å². The summed E-state index contributed by atoms with van der Waals surface area (Å²) in [7, 11) is 0. The number of amides is 3. The molecule has 0 saturated heterocycles. The number of hydroxylamine groups is 1. The zero-order valence-corrected chi connectivity index (χ0v) is 14.7. The van der Waals surface area contributed by atoms with Gasteiger partial charge < -0.3 is 4.74 Å². The molecule has 1 aliphatic heterocycles. The lowest BCUT2D eigenvalue weighted by atomic mass is 9.94. The Kier molecular flexibility index (Phi) is 5.95. The molecule has 140 valence electrons. The number of carbonyl (C=O) groups is 3. The van der Waals surface area contributed by atoms with Gasteiger partial charge in [0.15, 0.2) is 0 Å². The van der Waals surface area contributed by atoms with Gasteiger partial charge in [-0.1, -0.05) is 30.3 Å². The van der Waals surface area contributed by atoms with E-state index in [1.807, 2.05) is 24.3 Å². The van der Waals surface area contributed by atoms with E-state index in [2.05, 4.69) is 0 Å². The first-order valence-electron chi connectivity index (χ1n) is 8.70. The highest BCUT2D eigenvalue weighted by Gasteiger charge is 2.32. The van der Waals surface area contributed by atoms with Crippen LogP contribution in [0.4, 0.5) is 0 Å². The lowest BCUT2D eigenvalue weighted by Gasteiger charge is -2.27. The number of nitrogens with one attached hydrogen (secondary N) is 1. The summed E-state index contributed by atoms with van der Waals surface area (Å²) in [5.74, 6) is -1.18. The van der Waals surface area contributed by atoms with Crippen molar-refractivity contribution in [1.29, 1.82) is 0 Å². The minimum atomic E-state index is -0.576. The first-order chi connectivity index (χ1) is 13.1. The third-order valence-corrected chi connectivity index (χ3v) is 4.35. The number of carbonyl (C=O) groups excluding carboxylic acids is 3. The van der Waals surface area contributed by atoms with Crippen LogP contribution in [0.25, 0.3) is 10.8 Å². The monoisotopic (exact) mass is 368 g/mol. The Balaban J connectivity index is 1.53. The lowest BCUT2D eigenvalue weighted by molar-refractivity contribution is -0.124. The molecular weight excluding hydrogens is 348 g/mol. The Morgan fingerprint density at radius 1 is 1.07 bits per heavy atom. The van der Waals surface area contributed by atoms with Gasteiger partial charge >= 0.3 is 0 Å². The Morgan fingerprint density at radius 3 is 2.37 bits per heavy atom. The number of hydrogen-bond donors (Lipinski definition) is 2. The summed E-state index contributed by atoms with van der Waals surface area (Å²) in [4.78, 5) is 37.4. The Bertz CT molecular complexity index is 856. The molecule has 7 heteroatoms. The molecule has 27 heavy (non-hydrogen) atoms. The van der Waals surface area contributed by atoms with Crippen LogP contribution in [-0.2, 0) is 9.53 Å². The van der Waals surface area contributed by atoms with E-state index in [1.54, 1.807) is 18.2 Å². The predicted octanol–water partition coefficient (Wildman–Crippen LogP) is 2.29. The van der Waals surface area contributed by atoms with Crippen LogP contribution in [0.3, 0.4) is 0 Å². The Hall–Kier alpha value is -3.03. The summed E-state index contributed by atoms with van der Waals surface area (Å²) in [6.45, 7) is 0.870. The fourth-order valence-corrected chi connectivity index (χ4v) is 3.07. The molecule has 0 radical (unpaired) electrons. The number of benzene rings is 2. The van der Waals surface area contributed by atoms with Gasteiger partial charge in [0.2, 0.25) is 0 Å². The van der Waals surface area contributed by atoms with Gasteiger partial charge in [-0.15, -0.1) is 0 Å². The minimum Gasteiger partial charge on any atom is -0.380 e. The van der Waals surface area contributed by atoms with Crippen molar-refractivity contribution in [2.45, 2.75) is 12.8 Å². The molecule has 1 heterocycles. The van der Waals surface area contributed by atoms with E-state index in [0.717, 1.165) is 5.39 Å². The summed E-state index contributed by atoms with van der Waals surface area (Å²) in [6.07, 6.45) is 4.16. The summed E-state index contributed by atoms with van der Waals surface area (Å²) in [5.41, 5.74) is 2.58. The van der Waals surface area contributed by atoms with Crippen LogP contribution in [0.1, 0.15) is 33.6 Å². The average Bonchev–Trinajstić information content (AvgIpc) is 2.69. The maximum absolute atomic E-state index is 12.7. The van der Waals surface area contributed by atoms with E-state index < -0.39 is 5.91 Å². The molecule has 0 spiro atoms. The number of rotatable bonds is 8. The van der Waals surface area contributed by atoms with Crippen LogP contribution in [0.2, 0.25) is 0 Å². The largest absolute Gasteiger partial charge is 0.380 e. The molecule has 0 fully saturated rings. The Morgan fingerprint density at radius 2 is 1.74 bits per heavy atom. The van der Waals surface area contributed by atoms with E-state index >= 15 is 0 Å². The van der Waals surface area contributed by atoms with Gasteiger partial charge in [0.25, 0.3) is 17.7 Å². The highest BCUT2D eigenvalue weighted by atomic mass is 16.5. The fourth-order valence-electron chi connectivity index (χ4n) is 3.07. The van der Waals surface area contributed by atoms with E-state index in [4.69, 9.17) is 9.94 Å². The summed E-state index contributed by atoms with van der Waals surface area (Å²) < 4.78 is 5.50. The minimum absolute atomic E-state index is 0.186. The molecule has 0 atom stereocenters. The van der Waals surface area contributed by atoms with Crippen LogP contribution in [-0.4, -0.2) is 47.6 Å². The first-order valence-corrected chi connectivity index (χ1v) is 8.70. The SMILES string of the molecule is O=C(/C=C/CCCOCCN1C(=O)c2cccc3cccc(c23)C1=O)NO. The van der Waals surface area contributed by atoms with Crippen molar-refractivity contribution in [3.63, 3.8) is 0 Å². The van der Waals surface area contributed by atoms with Crippen LogP contribution in [0.5, 0.6) is 0 Å². The van der Waals surface area contributed by atoms with Gasteiger partial charge in [0.05, 0.1) is 13.2 Å². The van der Waals surface area contributed by atoms with Crippen molar-refractivity contribution in [2.24, 2.45) is 0 Å². The van der Waals surface area contributed by atoms with E-state index in [0.29, 0.717) is 36.0 Å². The number of ether oxygens (including phenoxy) is 1. The molecule has 7 nitrogen and oxygen atoms in total. The van der Waals surface area contributed by atoms with Gasteiger partial charge in [0, 0.05) is 29.2 Å². The predicted molar refractivity (Wildman–Crippen MR) is 98.4 cm³/mol. The molecule has 2 aromatic carbocycles. The summed E-state index contributed by atoms with van der Waals surface area (Å²) in [6, 6.07) is 10.9. The molecule has 2 aromatic rings. The van der Waals surface area contributed by atoms with Gasteiger partial charge in [-0.2, -0.15) is 0 Å². The second-order valence-corrected chi connectivity index (χ2v) is 6.10. The maximum atomic E-state index is 12.7. The molecule has 0 aliphatic carbocycles. The van der Waals surface area contributed by atoms with Gasteiger partial charge in [0.1, 0.15) is 0 Å². The normalized spacial score (nSPS) is 13.6. The standard InChI is InChI=1S/C20H20N2O5/c23-17(21-26)10-2-1-3-12-27-13-11-22-19(24)15-8-4-6-14-7-5-9-16(18(14)15)20(22)25/h2,4-10,26H,1,3,11-13H2,(H,21,23)/b10-2+. The van der Waals surface area contributed by atoms with Crippen molar-refractivity contribution in [3.8, 4) is 0 Å². The molecule has 0 aromatic heterocycles. The number of imide groups is 1. The highest BCUT2D eigenvalue weighted by Crippen LogP contribution is 2.29. The van der Waals surface area contributed by atoms with E-state index in [1.165, 1.54) is 16.5 Å². The second kappa shape index (κ2) is 8.57. The lowest BCUT2D eigenvalue weighted by Crippen LogP contribution is -2.42. The van der Waals surface area contributed by atoms with Crippen molar-refractivity contribution in [1.82, 2.24) is 10.4 Å². The van der Waals surface area contributed by atoms with Crippen LogP contribution in [0.15, 0.2) is 48.6 Å². The zero-order valence-electron chi connectivity index (χ0n) is 14.7. The topological polar surface area (TPSA) is 95.9 Å². The molecule has 0 bridgehead atoms. The van der Waals surface area contributed by atoms with Crippen molar-refractivity contribution < 1.29 is 24.3 Å². The van der Waals surface area contributed by atoms with E-state index in [9.17, 15) is 14.4 Å². The summed E-state index contributed by atoms with van der Waals surface area (Å²) >= 11 is 0. The molecule has 0 unspecified atom stereocenters. The number of nitrogens with zero attached hydrogens (tertiary/aromatic N) is 1. The van der Waals surface area contributed by atoms with Crippen LogP contribution < -0.4 is 5.48 Å². The molecule has 1 aliphatic rings. The maximum Gasteiger partial charge on any atom is 0.267 e. The zero-order chi connectivity index (χ0) is 19.2. The Labute approximate surface area is 156 Å². The van der Waals surface area contributed by atoms with Crippen LogP contribution in [0, 0.1) is 0 Å². The molecule has 3 rings (SSSR count). The quantitative estimate of drug-likeness (QED) is 0.245. The molecule has 0 saturated carbocycles. The van der Waals surface area contributed by atoms with E-state index in [-0.39, 0.29) is 25.0 Å². The first kappa shape index (κ1) is 18.8. The molecular formula is C20H20N2O5. The number of hydrogen-bond acceptors (Lipinski definition) is 5. The molecule has 3 amide bonds. The number of unbranched alkanes of at least 4 members (excludes halogenated alkanes) is 1. The van der Waals surface area contributed by atoms with Crippen molar-refractivity contribution >= 4 is 28.5 Å². The third-order valence-electron chi connectivity index (χ3n) is 4.35. The fraction of sp³-hybridized carbons (Fsp3) is 0.250. The van der Waals surface area contributed by atoms with Gasteiger partial charge in [-0.05, 0) is 30.4 Å². The highest BCUT2D eigenvalue weighted by molar-refractivity contribution is 6.25. The number of allylic oxidation sites excluding steroid dienone is 1. The second-order valence-electron chi connectivity index (χ2n) is 6.10. The molecule has 2 N–H and O–H groups in total. The average molecular weight is 368 g/mol. The summed E-state index contributed by atoms with van der Waals surface area (Å²) in [5, 5.41) is 9.94. The van der Waals surface area contributed by atoms with Crippen molar-refractivity contribution in [3.05, 3.63) is 59.7 Å².